The largest absolute Gasteiger partial charge is 0.477 e. The summed E-state index contributed by atoms with van der Waals surface area (Å²) >= 11 is 2.30. The number of fused-ring (bicyclic) bond motifs is 1. The van der Waals surface area contributed by atoms with Crippen molar-refractivity contribution in [2.24, 2.45) is 5.16 Å². The molecule has 1 aromatic rings. The number of oxime groups is 1. The fourth-order valence-electron chi connectivity index (χ4n) is 3.74. The van der Waals surface area contributed by atoms with E-state index in [1.807, 2.05) is 0 Å². The molecule has 2 saturated heterocycles. The van der Waals surface area contributed by atoms with E-state index in [-0.39, 0.29) is 28.9 Å². The van der Waals surface area contributed by atoms with Gasteiger partial charge >= 0.3 is 12.1 Å². The van der Waals surface area contributed by atoms with Gasteiger partial charge in [0.1, 0.15) is 29.4 Å². The number of morpholine rings is 1. The van der Waals surface area contributed by atoms with E-state index in [9.17, 15) is 29.5 Å². The van der Waals surface area contributed by atoms with Gasteiger partial charge in [-0.25, -0.2) is 14.6 Å². The minimum atomic E-state index is -1.31. The van der Waals surface area contributed by atoms with Crippen molar-refractivity contribution >= 4 is 57.8 Å². The molecule has 4 heterocycles. The quantitative estimate of drug-likeness (QED) is 0.153. The molecule has 5 N–H and O–H groups in total. The van der Waals surface area contributed by atoms with E-state index >= 15 is 0 Å². The number of thiazole rings is 1. The first-order valence-corrected chi connectivity index (χ1v) is 12.6. The molecule has 2 atom stereocenters. The minimum Gasteiger partial charge on any atom is -0.477 e. The maximum absolute atomic E-state index is 12.8. The summed E-state index contributed by atoms with van der Waals surface area (Å²) in [5.74, 6) is -2.55. The number of carbonyl (C=O) groups excluding carboxylic acids is 3. The highest BCUT2D eigenvalue weighted by Crippen LogP contribution is 2.40. The number of β-lactam (4-membered cyclic amide) rings is 1. The summed E-state index contributed by atoms with van der Waals surface area (Å²) in [6.45, 7) is 1.69. The Labute approximate surface area is 212 Å². The van der Waals surface area contributed by atoms with Gasteiger partial charge in [-0.3, -0.25) is 14.5 Å². The molecular weight excluding hydrogens is 516 g/mol. The number of aliphatic carboxylic acids is 1. The van der Waals surface area contributed by atoms with Gasteiger partial charge in [0.05, 0.1) is 13.2 Å². The number of hydrogen-bond acceptors (Lipinski definition) is 12. The number of thioether (sulfide) groups is 1. The number of carboxylic acid groups (broad SMARTS) is 1. The lowest BCUT2D eigenvalue weighted by molar-refractivity contribution is -0.150. The number of carbonyl (C=O) groups is 4. The Balaban J connectivity index is 1.39. The molecule has 4 rings (SSSR count). The lowest BCUT2D eigenvalue weighted by Gasteiger charge is -2.49. The summed E-state index contributed by atoms with van der Waals surface area (Å²) in [5, 5.41) is 25.3. The van der Waals surface area contributed by atoms with Crippen LogP contribution in [-0.2, 0) is 23.9 Å². The Kier molecular flexibility index (Phi) is 7.76. The number of carboxylic acids is 1. The first-order valence-electron chi connectivity index (χ1n) is 10.6. The second-order valence-corrected chi connectivity index (χ2v) is 9.63. The lowest BCUT2D eigenvalue weighted by atomic mass is 10.0. The number of rotatable bonds is 7. The summed E-state index contributed by atoms with van der Waals surface area (Å²) in [5.41, 5.74) is 5.32. The van der Waals surface area contributed by atoms with Crippen molar-refractivity contribution in [3.05, 3.63) is 34.5 Å². The fourth-order valence-corrected chi connectivity index (χ4v) is 5.60. The molecule has 36 heavy (non-hydrogen) atoms. The van der Waals surface area contributed by atoms with Gasteiger partial charge in [0.25, 0.3) is 11.8 Å². The summed E-state index contributed by atoms with van der Waals surface area (Å²) in [6, 6.07) is -1.02. The average Bonchev–Trinajstić information content (AvgIpc) is 3.30. The monoisotopic (exact) mass is 538 g/mol. The van der Waals surface area contributed by atoms with Gasteiger partial charge in [0.2, 0.25) is 0 Å². The van der Waals surface area contributed by atoms with Gasteiger partial charge in [-0.15, -0.1) is 23.1 Å². The van der Waals surface area contributed by atoms with E-state index in [1.165, 1.54) is 34.2 Å². The molecular formula is C20H22N6O8S2. The van der Waals surface area contributed by atoms with Gasteiger partial charge in [-0.1, -0.05) is 11.2 Å². The number of nitrogens with two attached hydrogens (primary N) is 1. The predicted molar refractivity (Wildman–Crippen MR) is 127 cm³/mol. The van der Waals surface area contributed by atoms with Crippen molar-refractivity contribution in [3.63, 3.8) is 0 Å². The van der Waals surface area contributed by atoms with Crippen LogP contribution < -0.4 is 11.1 Å². The highest BCUT2D eigenvalue weighted by Gasteiger charge is 2.54. The third-order valence-electron chi connectivity index (χ3n) is 5.46. The van der Waals surface area contributed by atoms with Crippen molar-refractivity contribution in [2.75, 3.05) is 44.4 Å². The van der Waals surface area contributed by atoms with Crippen LogP contribution in [0.5, 0.6) is 0 Å². The Morgan fingerprint density at radius 2 is 2.11 bits per heavy atom. The SMILES string of the molecule is Nc1nc(/C(=N/O)C(=O)N[C@@H]2C(=O)N3C(C(=O)O)=C(/C=C\COC(=O)N4CCOCC4)CS[C@H]23)cs1. The van der Waals surface area contributed by atoms with E-state index in [2.05, 4.69) is 15.5 Å². The normalized spacial score (nSPS) is 22.3. The van der Waals surface area contributed by atoms with Crippen LogP contribution in [0.3, 0.4) is 0 Å². The number of amides is 3. The van der Waals surface area contributed by atoms with Gasteiger partial charge in [-0.05, 0) is 11.6 Å². The van der Waals surface area contributed by atoms with Crippen LogP contribution in [0.4, 0.5) is 9.93 Å². The van der Waals surface area contributed by atoms with E-state index in [4.69, 9.17) is 15.2 Å². The van der Waals surface area contributed by atoms with Crippen LogP contribution in [0.25, 0.3) is 0 Å². The van der Waals surface area contributed by atoms with Crippen LogP contribution in [0.1, 0.15) is 5.69 Å². The zero-order valence-electron chi connectivity index (χ0n) is 18.7. The standard InChI is InChI=1S/C20H22N6O8S2/c21-19-22-11(9-36-19)12(24-32)15(27)23-13-16(28)26-14(18(29)30)10(8-35-17(13)26)2-1-5-34-20(31)25-3-6-33-7-4-25/h1-2,9,13,17,32H,3-8H2,(H2,21,22)(H,23,27)(H,29,30)/b2-1-,24-12-/t13-,17-/m1/s1. The molecule has 0 spiro atoms. The zero-order valence-corrected chi connectivity index (χ0v) is 20.3. The summed E-state index contributed by atoms with van der Waals surface area (Å²) in [6.07, 6.45) is 2.52. The molecule has 0 radical (unpaired) electrons. The summed E-state index contributed by atoms with van der Waals surface area (Å²) in [7, 11) is 0. The molecule has 3 aliphatic heterocycles. The molecule has 3 aliphatic rings. The predicted octanol–water partition coefficient (Wildman–Crippen LogP) is -0.333. The van der Waals surface area contributed by atoms with Crippen LogP contribution in [0.15, 0.2) is 34.0 Å². The summed E-state index contributed by atoms with van der Waals surface area (Å²) < 4.78 is 10.4. The molecule has 192 valence electrons. The maximum Gasteiger partial charge on any atom is 0.410 e. The van der Waals surface area contributed by atoms with Crippen molar-refractivity contribution in [1.82, 2.24) is 20.1 Å². The number of nitrogen functional groups attached to an aromatic ring is 1. The first kappa shape index (κ1) is 25.5. The third kappa shape index (κ3) is 5.14. The number of nitrogens with zero attached hydrogens (tertiary/aromatic N) is 4. The van der Waals surface area contributed by atoms with Crippen molar-refractivity contribution < 1.29 is 39.0 Å². The van der Waals surface area contributed by atoms with E-state index < -0.39 is 41.0 Å². The number of anilines is 1. The lowest BCUT2D eigenvalue weighted by Crippen LogP contribution is -2.71. The highest BCUT2D eigenvalue weighted by molar-refractivity contribution is 8.00. The molecule has 3 amide bonds. The molecule has 0 aromatic carbocycles. The van der Waals surface area contributed by atoms with E-state index in [0.717, 1.165) is 16.2 Å². The second-order valence-electron chi connectivity index (χ2n) is 7.64. The van der Waals surface area contributed by atoms with Crippen molar-refractivity contribution in [3.8, 4) is 0 Å². The maximum atomic E-state index is 12.8. The van der Waals surface area contributed by atoms with Crippen LogP contribution in [0, 0.1) is 0 Å². The van der Waals surface area contributed by atoms with Crippen LogP contribution in [-0.4, -0.2) is 105 Å². The average molecular weight is 539 g/mol. The Morgan fingerprint density at radius 1 is 1.36 bits per heavy atom. The van der Waals surface area contributed by atoms with Gasteiger partial charge in [0, 0.05) is 24.2 Å². The first-order chi connectivity index (χ1) is 17.3. The van der Waals surface area contributed by atoms with Gasteiger partial charge < -0.3 is 35.7 Å². The molecule has 1 aromatic heterocycles. The molecule has 0 saturated carbocycles. The topological polar surface area (TPSA) is 197 Å². The molecule has 16 heteroatoms. The van der Waals surface area contributed by atoms with Crippen LogP contribution in [0.2, 0.25) is 0 Å². The summed E-state index contributed by atoms with van der Waals surface area (Å²) in [4.78, 5) is 55.9. The Morgan fingerprint density at radius 3 is 2.75 bits per heavy atom. The molecule has 0 aliphatic carbocycles. The molecule has 0 unspecified atom stereocenters. The van der Waals surface area contributed by atoms with Crippen LogP contribution >= 0.6 is 23.1 Å². The molecule has 2 fully saturated rings. The highest BCUT2D eigenvalue weighted by atomic mass is 32.2. The fraction of sp³-hybridized carbons (Fsp3) is 0.400. The number of allylic oxidation sites excluding steroid dienone is 1. The smallest absolute Gasteiger partial charge is 0.410 e. The molecule has 0 bridgehead atoms. The zero-order chi connectivity index (χ0) is 25.8. The second kappa shape index (κ2) is 11.0. The number of ether oxygens (including phenoxy) is 2. The van der Waals surface area contributed by atoms with E-state index in [1.54, 1.807) is 0 Å². The Hall–Kier alpha value is -3.63. The van der Waals surface area contributed by atoms with E-state index in [0.29, 0.717) is 31.9 Å². The number of nitrogens with one attached hydrogen (secondary N) is 1. The van der Waals surface area contributed by atoms with Crippen molar-refractivity contribution in [1.29, 1.82) is 0 Å². The number of aromatic nitrogens is 1. The third-order valence-corrected chi connectivity index (χ3v) is 7.43. The molecule has 14 nitrogen and oxygen atoms in total. The van der Waals surface area contributed by atoms with Gasteiger partial charge in [-0.2, -0.15) is 0 Å². The Bertz CT molecular complexity index is 1160. The minimum absolute atomic E-state index is 0.0466. The van der Waals surface area contributed by atoms with Gasteiger partial charge in [0.15, 0.2) is 10.8 Å². The number of hydrogen-bond donors (Lipinski definition) is 4. The van der Waals surface area contributed by atoms with Crippen molar-refractivity contribution in [2.45, 2.75) is 11.4 Å².